The van der Waals surface area contributed by atoms with Gasteiger partial charge in [-0.15, -0.1) is 0 Å². The van der Waals surface area contributed by atoms with Gasteiger partial charge in [0.05, 0.1) is 32.6 Å². The maximum absolute atomic E-state index is 13.7. The SMILES string of the molecule is COCCN(CC(=O)N1N=C(c2ccc(OC)cc2OC)CC1c1ccc(C)cc1)C(=O)C1CCC1. The Bertz CT molecular complexity index is 1110. The summed E-state index contributed by atoms with van der Waals surface area (Å²) >= 11 is 0. The zero-order valence-corrected chi connectivity index (χ0v) is 21.5. The number of hydrogen-bond acceptors (Lipinski definition) is 6. The summed E-state index contributed by atoms with van der Waals surface area (Å²) in [5, 5.41) is 6.32. The maximum Gasteiger partial charge on any atom is 0.262 e. The predicted molar refractivity (Wildman–Crippen MR) is 137 cm³/mol. The van der Waals surface area contributed by atoms with E-state index in [0.29, 0.717) is 31.1 Å². The van der Waals surface area contributed by atoms with Crippen molar-refractivity contribution in [1.29, 1.82) is 0 Å². The summed E-state index contributed by atoms with van der Waals surface area (Å²) in [4.78, 5) is 28.3. The number of benzene rings is 2. The topological polar surface area (TPSA) is 80.7 Å². The molecule has 1 fully saturated rings. The van der Waals surface area contributed by atoms with Gasteiger partial charge in [-0.25, -0.2) is 5.01 Å². The fourth-order valence-electron chi connectivity index (χ4n) is 4.61. The van der Waals surface area contributed by atoms with Crippen LogP contribution in [0.15, 0.2) is 47.6 Å². The standard InChI is InChI=1S/C28H35N3O5/c1-19-8-10-20(11-9-19)25-17-24(23-13-12-22(35-3)16-26(23)36-4)29-31(25)27(32)18-30(14-15-34-2)28(33)21-6-5-7-21/h8-13,16,21,25H,5-7,14-15,17-18H2,1-4H3. The molecule has 2 aromatic carbocycles. The van der Waals surface area contributed by atoms with E-state index in [-0.39, 0.29) is 30.3 Å². The van der Waals surface area contributed by atoms with E-state index < -0.39 is 0 Å². The lowest BCUT2D eigenvalue weighted by Gasteiger charge is -2.32. The molecule has 8 nitrogen and oxygen atoms in total. The minimum absolute atomic E-state index is 0.00347. The number of rotatable bonds is 10. The monoisotopic (exact) mass is 493 g/mol. The minimum atomic E-state index is -0.275. The van der Waals surface area contributed by atoms with Crippen molar-refractivity contribution in [2.24, 2.45) is 11.0 Å². The first-order chi connectivity index (χ1) is 17.4. The molecule has 2 aromatic rings. The largest absolute Gasteiger partial charge is 0.497 e. The van der Waals surface area contributed by atoms with Gasteiger partial charge in [0.1, 0.15) is 18.0 Å². The van der Waals surface area contributed by atoms with E-state index in [1.165, 1.54) is 5.01 Å². The Morgan fingerprint density at radius 3 is 2.42 bits per heavy atom. The van der Waals surface area contributed by atoms with Gasteiger partial charge in [-0.05, 0) is 37.5 Å². The van der Waals surface area contributed by atoms with E-state index in [1.54, 1.807) is 26.2 Å². The zero-order chi connectivity index (χ0) is 25.7. The van der Waals surface area contributed by atoms with Gasteiger partial charge < -0.3 is 19.1 Å². The summed E-state index contributed by atoms with van der Waals surface area (Å²) < 4.78 is 16.2. The minimum Gasteiger partial charge on any atom is -0.497 e. The van der Waals surface area contributed by atoms with Crippen LogP contribution >= 0.6 is 0 Å². The van der Waals surface area contributed by atoms with E-state index in [2.05, 4.69) is 0 Å². The second kappa shape index (κ2) is 11.6. The molecule has 0 radical (unpaired) electrons. The van der Waals surface area contributed by atoms with Crippen LogP contribution in [0.25, 0.3) is 0 Å². The van der Waals surface area contributed by atoms with Gasteiger partial charge in [-0.3, -0.25) is 9.59 Å². The molecule has 8 heteroatoms. The Morgan fingerprint density at radius 1 is 1.06 bits per heavy atom. The van der Waals surface area contributed by atoms with Gasteiger partial charge in [0.2, 0.25) is 5.91 Å². The van der Waals surface area contributed by atoms with Crippen molar-refractivity contribution in [3.05, 3.63) is 59.2 Å². The van der Waals surface area contributed by atoms with E-state index >= 15 is 0 Å². The van der Waals surface area contributed by atoms with Crippen molar-refractivity contribution in [3.8, 4) is 11.5 Å². The number of methoxy groups -OCH3 is 3. The summed E-state index contributed by atoms with van der Waals surface area (Å²) in [6.07, 6.45) is 3.35. The Labute approximate surface area is 212 Å². The Morgan fingerprint density at radius 2 is 1.81 bits per heavy atom. The number of nitrogens with zero attached hydrogens (tertiary/aromatic N) is 3. The number of aryl methyl sites for hydroxylation is 1. The second-order valence-electron chi connectivity index (χ2n) is 9.36. The number of hydrogen-bond donors (Lipinski definition) is 0. The lowest BCUT2D eigenvalue weighted by Crippen LogP contribution is -2.46. The number of ether oxygens (including phenoxy) is 3. The molecule has 1 unspecified atom stereocenters. The molecule has 1 saturated carbocycles. The molecule has 0 N–H and O–H groups in total. The normalized spacial score (nSPS) is 17.4. The van der Waals surface area contributed by atoms with E-state index in [0.717, 1.165) is 41.7 Å². The average Bonchev–Trinajstić information content (AvgIpc) is 3.30. The van der Waals surface area contributed by atoms with E-state index in [1.807, 2.05) is 49.4 Å². The molecular formula is C28H35N3O5. The summed E-state index contributed by atoms with van der Waals surface area (Å²) in [6.45, 7) is 2.76. The highest BCUT2D eigenvalue weighted by atomic mass is 16.5. The first kappa shape index (κ1) is 25.7. The average molecular weight is 494 g/mol. The van der Waals surface area contributed by atoms with Crippen molar-refractivity contribution in [1.82, 2.24) is 9.91 Å². The molecule has 1 atom stereocenters. The third-order valence-electron chi connectivity index (χ3n) is 7.01. The van der Waals surface area contributed by atoms with Crippen molar-refractivity contribution in [2.45, 2.75) is 38.6 Å². The molecular weight excluding hydrogens is 458 g/mol. The van der Waals surface area contributed by atoms with Crippen LogP contribution in [0.3, 0.4) is 0 Å². The van der Waals surface area contributed by atoms with Gasteiger partial charge in [-0.1, -0.05) is 36.2 Å². The molecule has 1 heterocycles. The molecule has 2 aliphatic rings. The highest BCUT2D eigenvalue weighted by Crippen LogP contribution is 2.36. The van der Waals surface area contributed by atoms with Crippen LogP contribution in [0.4, 0.5) is 0 Å². The third-order valence-corrected chi connectivity index (χ3v) is 7.01. The van der Waals surface area contributed by atoms with Gasteiger partial charge in [0.15, 0.2) is 0 Å². The summed E-state index contributed by atoms with van der Waals surface area (Å²) in [5.74, 6) is 1.13. The second-order valence-corrected chi connectivity index (χ2v) is 9.36. The Balaban J connectivity index is 1.64. The number of carbonyl (C=O) groups is 2. The number of amides is 2. The first-order valence-corrected chi connectivity index (χ1v) is 12.4. The van der Waals surface area contributed by atoms with Crippen LogP contribution in [0.2, 0.25) is 0 Å². The van der Waals surface area contributed by atoms with Crippen LogP contribution in [-0.4, -0.2) is 68.5 Å². The van der Waals surface area contributed by atoms with Crippen molar-refractivity contribution in [3.63, 3.8) is 0 Å². The van der Waals surface area contributed by atoms with Crippen molar-refractivity contribution in [2.75, 3.05) is 41.0 Å². The number of carbonyl (C=O) groups excluding carboxylic acids is 2. The number of hydrazone groups is 1. The molecule has 36 heavy (non-hydrogen) atoms. The Hall–Kier alpha value is -3.39. The van der Waals surface area contributed by atoms with Crippen LogP contribution < -0.4 is 9.47 Å². The molecule has 1 aliphatic carbocycles. The lowest BCUT2D eigenvalue weighted by molar-refractivity contribution is -0.146. The predicted octanol–water partition coefficient (Wildman–Crippen LogP) is 3.97. The van der Waals surface area contributed by atoms with Crippen molar-refractivity contribution < 1.29 is 23.8 Å². The molecule has 0 spiro atoms. The van der Waals surface area contributed by atoms with Crippen LogP contribution in [0.1, 0.15) is 48.4 Å². The highest BCUT2D eigenvalue weighted by Gasteiger charge is 2.36. The lowest BCUT2D eigenvalue weighted by atomic mass is 9.84. The third kappa shape index (κ3) is 5.54. The summed E-state index contributed by atoms with van der Waals surface area (Å²) in [6, 6.07) is 13.4. The zero-order valence-electron chi connectivity index (χ0n) is 21.5. The molecule has 0 aromatic heterocycles. The summed E-state index contributed by atoms with van der Waals surface area (Å²) in [7, 11) is 4.81. The van der Waals surface area contributed by atoms with Crippen LogP contribution in [-0.2, 0) is 14.3 Å². The maximum atomic E-state index is 13.7. The summed E-state index contributed by atoms with van der Waals surface area (Å²) in [5.41, 5.74) is 3.70. The fraction of sp³-hybridized carbons (Fsp3) is 0.464. The van der Waals surface area contributed by atoms with Gasteiger partial charge in [0.25, 0.3) is 5.91 Å². The highest BCUT2D eigenvalue weighted by molar-refractivity contribution is 6.05. The quantitative estimate of drug-likeness (QED) is 0.500. The van der Waals surface area contributed by atoms with Crippen LogP contribution in [0, 0.1) is 12.8 Å². The first-order valence-electron chi connectivity index (χ1n) is 12.4. The Kier molecular flexibility index (Phi) is 8.25. The fourth-order valence-corrected chi connectivity index (χ4v) is 4.61. The molecule has 0 saturated heterocycles. The van der Waals surface area contributed by atoms with Gasteiger partial charge in [-0.2, -0.15) is 5.10 Å². The molecule has 192 valence electrons. The molecule has 2 amide bonds. The van der Waals surface area contributed by atoms with E-state index in [4.69, 9.17) is 19.3 Å². The van der Waals surface area contributed by atoms with Crippen molar-refractivity contribution >= 4 is 17.5 Å². The van der Waals surface area contributed by atoms with E-state index in [9.17, 15) is 9.59 Å². The van der Waals surface area contributed by atoms with Gasteiger partial charge >= 0.3 is 0 Å². The molecule has 1 aliphatic heterocycles. The molecule has 0 bridgehead atoms. The van der Waals surface area contributed by atoms with Gasteiger partial charge in [0, 0.05) is 37.6 Å². The molecule has 4 rings (SSSR count). The smallest absolute Gasteiger partial charge is 0.262 e. The van der Waals surface area contributed by atoms with Crippen LogP contribution in [0.5, 0.6) is 11.5 Å².